The summed E-state index contributed by atoms with van der Waals surface area (Å²) in [4.78, 5) is 16.1. The number of nitrogens with zero attached hydrogens (tertiary/aromatic N) is 3. The highest BCUT2D eigenvalue weighted by atomic mass is 16.3. The molecule has 0 fully saturated rings. The Labute approximate surface area is 388 Å². The first kappa shape index (κ1) is 38.5. The number of furan rings is 1. The first-order chi connectivity index (χ1) is 33.2. The minimum atomic E-state index is 0.603. The summed E-state index contributed by atoms with van der Waals surface area (Å²) in [5.41, 5.74) is 20.3. The molecule has 0 unspecified atom stereocenters. The fraction of sp³-hybridized carbons (Fsp3) is 0. The summed E-state index contributed by atoms with van der Waals surface area (Å²) in [6.07, 6.45) is 0. The molecule has 1 aliphatic rings. The van der Waals surface area contributed by atoms with E-state index in [0.29, 0.717) is 17.5 Å². The van der Waals surface area contributed by atoms with Crippen LogP contribution < -0.4 is 0 Å². The maximum atomic E-state index is 6.25. The van der Waals surface area contributed by atoms with Crippen LogP contribution in [0.4, 0.5) is 0 Å². The van der Waals surface area contributed by atoms with Crippen molar-refractivity contribution in [2.24, 2.45) is 0 Å². The quantitative estimate of drug-likeness (QED) is 0.167. The number of hydrogen-bond acceptors (Lipinski definition) is 4. The van der Waals surface area contributed by atoms with Gasteiger partial charge in [0.2, 0.25) is 0 Å². The number of benzene rings is 10. The van der Waals surface area contributed by atoms with Crippen LogP contribution in [-0.2, 0) is 0 Å². The van der Waals surface area contributed by atoms with Crippen molar-refractivity contribution in [2.45, 2.75) is 0 Å². The Morgan fingerprint density at radius 1 is 0.224 bits per heavy atom. The first-order valence-corrected chi connectivity index (χ1v) is 22.7. The molecular weight excluding hydrogens is 815 g/mol. The second-order valence-electron chi connectivity index (χ2n) is 17.1. The molecule has 0 radical (unpaired) electrons. The summed E-state index contributed by atoms with van der Waals surface area (Å²) >= 11 is 0. The lowest BCUT2D eigenvalue weighted by molar-refractivity contribution is 0.669. The van der Waals surface area contributed by atoms with E-state index in [1.165, 1.54) is 11.1 Å². The Morgan fingerprint density at radius 3 is 1.36 bits per heavy atom. The molecule has 10 aromatic carbocycles. The van der Waals surface area contributed by atoms with Crippen LogP contribution in [0.5, 0.6) is 0 Å². The molecule has 0 amide bonds. The maximum Gasteiger partial charge on any atom is 0.164 e. The minimum absolute atomic E-state index is 0.603. The third-order valence-electron chi connectivity index (χ3n) is 13.1. The van der Waals surface area contributed by atoms with Gasteiger partial charge in [-0.2, -0.15) is 0 Å². The lowest BCUT2D eigenvalue weighted by Crippen LogP contribution is -2.03. The monoisotopic (exact) mass is 853 g/mol. The third kappa shape index (κ3) is 6.74. The maximum absolute atomic E-state index is 6.25. The van der Waals surface area contributed by atoms with Crippen molar-refractivity contribution < 1.29 is 4.42 Å². The fourth-order valence-corrected chi connectivity index (χ4v) is 9.92. The standard InChI is InChI=1S/C63H39N3O/c1-4-17-40(18-5-1)45-35-46(41-19-6-2-7-20-41)37-47(36-45)62-64-61(42-21-8-3-9-22-42)65-63(66-62)55-29-16-28-53-50-25-12-10-23-48(50)49-24-11-13-26-51(49)56-38-43(31-33-54(56)60(53)55)44-32-34-59-57(39-44)52-27-14-15-30-58(52)67-59/h1-39H. The van der Waals surface area contributed by atoms with Gasteiger partial charge in [-0.25, -0.2) is 15.0 Å². The summed E-state index contributed by atoms with van der Waals surface area (Å²) in [5.74, 6) is 1.82. The lowest BCUT2D eigenvalue weighted by atomic mass is 9.78. The number of fused-ring (bicyclic) bond motifs is 11. The molecular formula is C63H39N3O. The van der Waals surface area contributed by atoms with E-state index in [4.69, 9.17) is 19.4 Å². The highest BCUT2D eigenvalue weighted by Gasteiger charge is 2.26. The van der Waals surface area contributed by atoms with Crippen molar-refractivity contribution >= 4 is 21.9 Å². The van der Waals surface area contributed by atoms with E-state index in [2.05, 4.69) is 206 Å². The Hall–Kier alpha value is -8.99. The second-order valence-corrected chi connectivity index (χ2v) is 17.1. The van der Waals surface area contributed by atoms with Crippen LogP contribution in [0.3, 0.4) is 0 Å². The molecule has 13 rings (SSSR count). The number of rotatable bonds is 6. The Morgan fingerprint density at radius 2 is 0.687 bits per heavy atom. The van der Waals surface area contributed by atoms with Crippen LogP contribution in [0.1, 0.15) is 0 Å². The van der Waals surface area contributed by atoms with Crippen LogP contribution in [-0.4, -0.2) is 15.0 Å². The molecule has 0 aliphatic heterocycles. The van der Waals surface area contributed by atoms with Gasteiger partial charge in [0.25, 0.3) is 0 Å². The SMILES string of the molecule is c1ccc(-c2cc(-c3ccccc3)cc(-c3nc(-c4ccccc4)nc(-c4cccc5c4-c4ccc(-c6ccc7oc8ccccc8c7c6)cc4-c4ccccc4-c4ccccc4-5)n3)c2)cc1. The molecule has 67 heavy (non-hydrogen) atoms. The largest absolute Gasteiger partial charge is 0.456 e. The van der Waals surface area contributed by atoms with Gasteiger partial charge in [-0.3, -0.25) is 0 Å². The molecule has 2 aromatic heterocycles. The van der Waals surface area contributed by atoms with Gasteiger partial charge in [-0.05, 0) is 115 Å². The number of aromatic nitrogens is 3. The fourth-order valence-electron chi connectivity index (χ4n) is 9.92. The summed E-state index contributed by atoms with van der Waals surface area (Å²) in [6, 6.07) is 83.8. The van der Waals surface area contributed by atoms with E-state index in [9.17, 15) is 0 Å². The Kier molecular flexibility index (Phi) is 9.14. The van der Waals surface area contributed by atoms with E-state index in [1.807, 2.05) is 30.3 Å². The molecule has 0 saturated carbocycles. The van der Waals surface area contributed by atoms with Crippen molar-refractivity contribution in [1.29, 1.82) is 0 Å². The zero-order valence-corrected chi connectivity index (χ0v) is 36.3. The average molecular weight is 854 g/mol. The van der Waals surface area contributed by atoms with Crippen molar-refractivity contribution in [3.63, 3.8) is 0 Å². The molecule has 2 heterocycles. The molecule has 12 aromatic rings. The third-order valence-corrected chi connectivity index (χ3v) is 13.1. The highest BCUT2D eigenvalue weighted by Crippen LogP contribution is 2.51. The Bertz CT molecular complexity index is 3800. The van der Waals surface area contributed by atoms with Crippen molar-refractivity contribution in [3.05, 3.63) is 237 Å². The molecule has 1 aliphatic carbocycles. The molecule has 0 atom stereocenters. The van der Waals surface area contributed by atoms with Crippen molar-refractivity contribution in [2.75, 3.05) is 0 Å². The van der Waals surface area contributed by atoms with Crippen LogP contribution in [0.2, 0.25) is 0 Å². The zero-order chi connectivity index (χ0) is 44.3. The molecule has 0 N–H and O–H groups in total. The topological polar surface area (TPSA) is 51.8 Å². The van der Waals surface area contributed by atoms with Gasteiger partial charge >= 0.3 is 0 Å². The van der Waals surface area contributed by atoms with Gasteiger partial charge in [0.05, 0.1) is 0 Å². The van der Waals surface area contributed by atoms with E-state index >= 15 is 0 Å². The smallest absolute Gasteiger partial charge is 0.164 e. The van der Waals surface area contributed by atoms with Crippen LogP contribution in [0.15, 0.2) is 241 Å². The average Bonchev–Trinajstić information content (AvgIpc) is 3.79. The van der Waals surface area contributed by atoms with E-state index < -0.39 is 0 Å². The van der Waals surface area contributed by atoms with E-state index in [-0.39, 0.29) is 0 Å². The van der Waals surface area contributed by atoms with Gasteiger partial charge in [-0.1, -0.05) is 194 Å². The summed E-state index contributed by atoms with van der Waals surface area (Å²) in [7, 11) is 0. The van der Waals surface area contributed by atoms with Crippen LogP contribution in [0.25, 0.3) is 134 Å². The van der Waals surface area contributed by atoms with E-state index in [0.717, 1.165) is 105 Å². The summed E-state index contributed by atoms with van der Waals surface area (Å²) in [5, 5.41) is 2.22. The van der Waals surface area contributed by atoms with Crippen LogP contribution >= 0.6 is 0 Å². The molecule has 4 nitrogen and oxygen atoms in total. The number of para-hydroxylation sites is 1. The van der Waals surface area contributed by atoms with Crippen LogP contribution in [0, 0.1) is 0 Å². The van der Waals surface area contributed by atoms with Gasteiger partial charge in [-0.15, -0.1) is 0 Å². The van der Waals surface area contributed by atoms with Gasteiger partial charge in [0.1, 0.15) is 11.2 Å². The molecule has 0 saturated heterocycles. The highest BCUT2D eigenvalue weighted by molar-refractivity contribution is 6.09. The van der Waals surface area contributed by atoms with E-state index in [1.54, 1.807) is 0 Å². The van der Waals surface area contributed by atoms with Gasteiger partial charge in [0, 0.05) is 33.0 Å². The zero-order valence-electron chi connectivity index (χ0n) is 36.3. The second kappa shape index (κ2) is 15.9. The van der Waals surface area contributed by atoms with Gasteiger partial charge in [0.15, 0.2) is 17.5 Å². The Balaban J connectivity index is 1.07. The predicted octanol–water partition coefficient (Wildman–Crippen LogP) is 16.8. The normalized spacial score (nSPS) is 11.6. The first-order valence-electron chi connectivity index (χ1n) is 22.7. The minimum Gasteiger partial charge on any atom is -0.456 e. The number of hydrogen-bond donors (Lipinski definition) is 0. The summed E-state index contributed by atoms with van der Waals surface area (Å²) in [6.45, 7) is 0. The lowest BCUT2D eigenvalue weighted by Gasteiger charge is -2.25. The molecule has 4 heteroatoms. The van der Waals surface area contributed by atoms with Crippen molar-refractivity contribution in [1.82, 2.24) is 15.0 Å². The molecule has 0 spiro atoms. The predicted molar refractivity (Wildman–Crippen MR) is 275 cm³/mol. The van der Waals surface area contributed by atoms with Gasteiger partial charge < -0.3 is 4.42 Å². The van der Waals surface area contributed by atoms with Crippen molar-refractivity contribution in [3.8, 4) is 112 Å². The molecule has 0 bridgehead atoms. The summed E-state index contributed by atoms with van der Waals surface area (Å²) < 4.78 is 6.25. The molecule has 312 valence electrons.